The van der Waals surface area contributed by atoms with E-state index in [9.17, 15) is 14.4 Å². The van der Waals surface area contributed by atoms with Crippen LogP contribution in [0.25, 0.3) is 11.3 Å². The number of carbonyl (C=O) groups is 3. The van der Waals surface area contributed by atoms with Gasteiger partial charge in [0, 0.05) is 40.2 Å². The van der Waals surface area contributed by atoms with Crippen LogP contribution >= 0.6 is 23.1 Å². The molecule has 0 saturated carbocycles. The first-order valence-electron chi connectivity index (χ1n) is 10.4. The van der Waals surface area contributed by atoms with Crippen LogP contribution in [0, 0.1) is 12.8 Å². The first-order valence-corrected chi connectivity index (χ1v) is 12.5. The summed E-state index contributed by atoms with van der Waals surface area (Å²) in [5.74, 6) is -1.72. The highest BCUT2D eigenvalue weighted by atomic mass is 32.2. The number of ether oxygens (including phenoxy) is 1. The van der Waals surface area contributed by atoms with Crippen LogP contribution in [-0.4, -0.2) is 42.2 Å². The molecule has 1 fully saturated rings. The van der Waals surface area contributed by atoms with Crippen molar-refractivity contribution in [3.05, 3.63) is 58.9 Å². The number of anilines is 2. The van der Waals surface area contributed by atoms with Crippen molar-refractivity contribution in [3.8, 4) is 11.3 Å². The van der Waals surface area contributed by atoms with Gasteiger partial charge in [0.05, 0.1) is 16.6 Å². The van der Waals surface area contributed by atoms with E-state index in [1.165, 1.54) is 0 Å². The molecule has 0 spiro atoms. The SMILES string of the molecule is CSc1ccc(N2CC(C(=O)OCC(=O)Nc3cccc(-c4csc(C)n4)c3)CC2=O)cc1. The molecule has 1 aliphatic heterocycles. The minimum Gasteiger partial charge on any atom is -0.455 e. The van der Waals surface area contributed by atoms with Crippen LogP contribution in [0.2, 0.25) is 0 Å². The fourth-order valence-corrected chi connectivity index (χ4v) is 4.61. The Labute approximate surface area is 200 Å². The maximum absolute atomic E-state index is 12.5. The van der Waals surface area contributed by atoms with E-state index < -0.39 is 24.4 Å². The maximum atomic E-state index is 12.5. The highest BCUT2D eigenvalue weighted by molar-refractivity contribution is 7.98. The van der Waals surface area contributed by atoms with Gasteiger partial charge in [-0.05, 0) is 49.6 Å². The molecule has 33 heavy (non-hydrogen) atoms. The monoisotopic (exact) mass is 481 g/mol. The quantitative estimate of drug-likeness (QED) is 0.398. The fourth-order valence-electron chi connectivity index (χ4n) is 3.58. The molecule has 1 atom stereocenters. The summed E-state index contributed by atoms with van der Waals surface area (Å²) >= 11 is 3.18. The van der Waals surface area contributed by atoms with Gasteiger partial charge in [-0.25, -0.2) is 4.98 Å². The van der Waals surface area contributed by atoms with Crippen molar-refractivity contribution in [2.24, 2.45) is 5.92 Å². The summed E-state index contributed by atoms with van der Waals surface area (Å²) in [6.45, 7) is 1.77. The third-order valence-electron chi connectivity index (χ3n) is 5.25. The molecule has 1 aromatic heterocycles. The second-order valence-electron chi connectivity index (χ2n) is 7.59. The summed E-state index contributed by atoms with van der Waals surface area (Å²) < 4.78 is 5.20. The van der Waals surface area contributed by atoms with Gasteiger partial charge in [-0.1, -0.05) is 12.1 Å². The van der Waals surface area contributed by atoms with Crippen molar-refractivity contribution in [3.63, 3.8) is 0 Å². The van der Waals surface area contributed by atoms with Crippen molar-refractivity contribution < 1.29 is 19.1 Å². The molecular weight excluding hydrogens is 458 g/mol. The van der Waals surface area contributed by atoms with E-state index in [0.29, 0.717) is 5.69 Å². The molecule has 2 heterocycles. The van der Waals surface area contributed by atoms with Crippen LogP contribution in [0.3, 0.4) is 0 Å². The number of thioether (sulfide) groups is 1. The molecule has 2 aromatic carbocycles. The molecule has 0 aliphatic carbocycles. The smallest absolute Gasteiger partial charge is 0.311 e. The summed E-state index contributed by atoms with van der Waals surface area (Å²) in [5.41, 5.74) is 3.08. The number of aryl methyl sites for hydroxylation is 1. The first-order chi connectivity index (χ1) is 15.9. The van der Waals surface area contributed by atoms with Crippen molar-refractivity contribution in [2.45, 2.75) is 18.2 Å². The van der Waals surface area contributed by atoms with E-state index in [1.54, 1.807) is 34.1 Å². The van der Waals surface area contributed by atoms with Gasteiger partial charge in [0.1, 0.15) is 0 Å². The van der Waals surface area contributed by atoms with Gasteiger partial charge in [-0.2, -0.15) is 0 Å². The molecule has 0 radical (unpaired) electrons. The number of benzene rings is 2. The Hall–Kier alpha value is -3.17. The number of thiazole rings is 1. The predicted octanol–water partition coefficient (Wildman–Crippen LogP) is 4.38. The van der Waals surface area contributed by atoms with Gasteiger partial charge in [0.2, 0.25) is 5.91 Å². The third kappa shape index (κ3) is 5.61. The number of amides is 2. The van der Waals surface area contributed by atoms with E-state index in [0.717, 1.165) is 26.8 Å². The lowest BCUT2D eigenvalue weighted by Crippen LogP contribution is -2.28. The van der Waals surface area contributed by atoms with Gasteiger partial charge in [0.25, 0.3) is 5.91 Å². The van der Waals surface area contributed by atoms with Crippen LogP contribution in [0.1, 0.15) is 11.4 Å². The number of hydrogen-bond donors (Lipinski definition) is 1. The first kappa shape index (κ1) is 23.0. The largest absolute Gasteiger partial charge is 0.455 e. The molecule has 0 bridgehead atoms. The molecule has 1 N–H and O–H groups in total. The van der Waals surface area contributed by atoms with Crippen LogP contribution in [0.4, 0.5) is 11.4 Å². The highest BCUT2D eigenvalue weighted by Gasteiger charge is 2.36. The number of hydrogen-bond acceptors (Lipinski definition) is 7. The fraction of sp³-hybridized carbons (Fsp3) is 0.250. The number of nitrogens with zero attached hydrogens (tertiary/aromatic N) is 2. The number of aromatic nitrogens is 1. The van der Waals surface area contributed by atoms with Gasteiger partial charge in [-0.15, -0.1) is 23.1 Å². The molecule has 1 saturated heterocycles. The van der Waals surface area contributed by atoms with Crippen molar-refractivity contribution in [1.29, 1.82) is 0 Å². The Morgan fingerprint density at radius 2 is 2.03 bits per heavy atom. The van der Waals surface area contributed by atoms with E-state index >= 15 is 0 Å². The topological polar surface area (TPSA) is 88.6 Å². The molecule has 4 rings (SSSR count). The normalized spacial score (nSPS) is 15.5. The summed E-state index contributed by atoms with van der Waals surface area (Å²) in [7, 11) is 0. The van der Waals surface area contributed by atoms with Crippen molar-refractivity contribution in [2.75, 3.05) is 29.6 Å². The average molecular weight is 482 g/mol. The second-order valence-corrected chi connectivity index (χ2v) is 9.53. The summed E-state index contributed by atoms with van der Waals surface area (Å²) in [6, 6.07) is 14.9. The zero-order chi connectivity index (χ0) is 23.4. The zero-order valence-electron chi connectivity index (χ0n) is 18.2. The minimum atomic E-state index is -0.596. The van der Waals surface area contributed by atoms with Crippen LogP contribution < -0.4 is 10.2 Å². The predicted molar refractivity (Wildman–Crippen MR) is 131 cm³/mol. The van der Waals surface area contributed by atoms with Gasteiger partial charge in [0.15, 0.2) is 6.61 Å². The summed E-state index contributed by atoms with van der Waals surface area (Å²) in [4.78, 5) is 44.3. The molecule has 170 valence electrons. The molecular formula is C24H23N3O4S2. The van der Waals surface area contributed by atoms with E-state index in [1.807, 2.05) is 61.0 Å². The Bertz CT molecular complexity index is 1180. The molecule has 7 nitrogen and oxygen atoms in total. The Balaban J connectivity index is 1.30. The number of carbonyl (C=O) groups excluding carboxylic acids is 3. The molecule has 2 amide bonds. The number of esters is 1. The second kappa shape index (κ2) is 10.2. The van der Waals surface area contributed by atoms with Gasteiger partial charge >= 0.3 is 5.97 Å². The van der Waals surface area contributed by atoms with Crippen LogP contribution in [0.5, 0.6) is 0 Å². The summed E-state index contributed by atoms with van der Waals surface area (Å²) in [5, 5.41) is 5.66. The molecule has 1 unspecified atom stereocenters. The minimum absolute atomic E-state index is 0.0693. The molecule has 9 heteroatoms. The maximum Gasteiger partial charge on any atom is 0.311 e. The summed E-state index contributed by atoms with van der Waals surface area (Å²) in [6.07, 6.45) is 2.05. The van der Waals surface area contributed by atoms with Crippen LogP contribution in [-0.2, 0) is 19.1 Å². The third-order valence-corrected chi connectivity index (χ3v) is 6.77. The van der Waals surface area contributed by atoms with Gasteiger partial charge in [-0.3, -0.25) is 14.4 Å². The molecule has 1 aliphatic rings. The van der Waals surface area contributed by atoms with E-state index in [-0.39, 0.29) is 18.9 Å². The average Bonchev–Trinajstić information content (AvgIpc) is 3.43. The standard InChI is InChI=1S/C24H23N3O4S2/c1-15-25-21(14-33-15)16-4-3-5-18(10-16)26-22(28)13-31-24(30)17-11-23(29)27(12-17)19-6-8-20(32-2)9-7-19/h3-10,14,17H,11-13H2,1-2H3,(H,26,28). The van der Waals surface area contributed by atoms with E-state index in [4.69, 9.17) is 4.74 Å². The molecule has 3 aromatic rings. The van der Waals surface area contributed by atoms with Crippen molar-refractivity contribution in [1.82, 2.24) is 4.98 Å². The van der Waals surface area contributed by atoms with Crippen LogP contribution in [0.15, 0.2) is 58.8 Å². The zero-order valence-corrected chi connectivity index (χ0v) is 19.9. The Kier molecular flexibility index (Phi) is 7.10. The highest BCUT2D eigenvalue weighted by Crippen LogP contribution is 2.28. The van der Waals surface area contributed by atoms with E-state index in [2.05, 4.69) is 10.3 Å². The Morgan fingerprint density at radius 1 is 1.24 bits per heavy atom. The number of nitrogens with one attached hydrogen (secondary N) is 1. The number of rotatable bonds is 7. The lowest BCUT2D eigenvalue weighted by Gasteiger charge is -2.16. The Morgan fingerprint density at radius 3 is 2.73 bits per heavy atom. The van der Waals surface area contributed by atoms with Gasteiger partial charge < -0.3 is 15.0 Å². The lowest BCUT2D eigenvalue weighted by molar-refractivity contribution is -0.151. The van der Waals surface area contributed by atoms with Crippen molar-refractivity contribution >= 4 is 52.3 Å². The lowest BCUT2D eigenvalue weighted by atomic mass is 10.1.